The van der Waals surface area contributed by atoms with Crippen LogP contribution >= 0.6 is 24.0 Å². The van der Waals surface area contributed by atoms with E-state index in [0.717, 1.165) is 32.0 Å². The lowest BCUT2D eigenvalue weighted by atomic mass is 9.99. The number of hydrogen-bond donors (Lipinski definition) is 2. The maximum Gasteiger partial charge on any atom is 0.254 e. The van der Waals surface area contributed by atoms with E-state index in [1.54, 1.807) is 0 Å². The van der Waals surface area contributed by atoms with Gasteiger partial charge in [0, 0.05) is 11.6 Å². The second-order valence-corrected chi connectivity index (χ2v) is 4.98. The monoisotopic (exact) mass is 306 g/mol. The number of nitrogens with one attached hydrogen (secondary N) is 2. The zero-order valence-electron chi connectivity index (χ0n) is 10.4. The Balaban J connectivity index is 0.00000180. The zero-order chi connectivity index (χ0) is 13.0. The predicted molar refractivity (Wildman–Crippen MR) is 76.6 cm³/mol. The van der Waals surface area contributed by atoms with Crippen LogP contribution in [0.1, 0.15) is 23.2 Å². The summed E-state index contributed by atoms with van der Waals surface area (Å²) in [4.78, 5) is 11.8. The van der Waals surface area contributed by atoms with Gasteiger partial charge in [-0.3, -0.25) is 4.79 Å². The van der Waals surface area contributed by atoms with Gasteiger partial charge in [-0.05, 0) is 50.0 Å². The maximum atomic E-state index is 13.5. The third-order valence-electron chi connectivity index (χ3n) is 3.13. The lowest BCUT2D eigenvalue weighted by Crippen LogP contribution is -2.38. The molecular formula is C13H17Cl2FN2O. The zero-order valence-corrected chi connectivity index (χ0v) is 12.0. The van der Waals surface area contributed by atoms with Crippen molar-refractivity contribution in [3.63, 3.8) is 0 Å². The molecule has 1 aromatic carbocycles. The Hall–Kier alpha value is -0.840. The molecule has 1 fully saturated rings. The van der Waals surface area contributed by atoms with Crippen LogP contribution < -0.4 is 10.6 Å². The molecule has 3 nitrogen and oxygen atoms in total. The molecule has 1 amide bonds. The average molecular weight is 307 g/mol. The first-order valence-corrected chi connectivity index (χ1v) is 6.48. The van der Waals surface area contributed by atoms with Crippen molar-refractivity contribution in [3.8, 4) is 0 Å². The summed E-state index contributed by atoms with van der Waals surface area (Å²) >= 11 is 5.64. The lowest BCUT2D eigenvalue weighted by Gasteiger charge is -2.22. The van der Waals surface area contributed by atoms with Crippen molar-refractivity contribution < 1.29 is 9.18 Å². The van der Waals surface area contributed by atoms with Crippen LogP contribution in [0.4, 0.5) is 4.39 Å². The minimum absolute atomic E-state index is 0. The second kappa shape index (κ2) is 7.68. The van der Waals surface area contributed by atoms with Crippen molar-refractivity contribution in [2.24, 2.45) is 5.92 Å². The summed E-state index contributed by atoms with van der Waals surface area (Å²) in [7, 11) is 0. The maximum absolute atomic E-state index is 13.5. The molecule has 0 radical (unpaired) electrons. The summed E-state index contributed by atoms with van der Waals surface area (Å²) in [6, 6.07) is 4.08. The number of piperidine rings is 1. The number of amides is 1. The Labute approximate surface area is 123 Å². The van der Waals surface area contributed by atoms with Crippen LogP contribution in [0.3, 0.4) is 0 Å². The Bertz CT molecular complexity index is 437. The number of rotatable bonds is 3. The highest BCUT2D eigenvalue weighted by Crippen LogP contribution is 2.15. The molecule has 0 aromatic heterocycles. The highest BCUT2D eigenvalue weighted by Gasteiger charge is 2.16. The summed E-state index contributed by atoms with van der Waals surface area (Å²) < 4.78 is 13.5. The Morgan fingerprint density at radius 2 is 2.32 bits per heavy atom. The molecule has 1 unspecified atom stereocenters. The van der Waals surface area contributed by atoms with E-state index in [2.05, 4.69) is 10.6 Å². The fourth-order valence-corrected chi connectivity index (χ4v) is 2.26. The smallest absolute Gasteiger partial charge is 0.254 e. The molecule has 6 heteroatoms. The van der Waals surface area contributed by atoms with Crippen LogP contribution in [-0.2, 0) is 0 Å². The Kier molecular flexibility index (Phi) is 6.55. The van der Waals surface area contributed by atoms with E-state index in [0.29, 0.717) is 17.5 Å². The van der Waals surface area contributed by atoms with Gasteiger partial charge in [0.2, 0.25) is 0 Å². The highest BCUT2D eigenvalue weighted by molar-refractivity contribution is 6.30. The van der Waals surface area contributed by atoms with Crippen LogP contribution in [0, 0.1) is 11.7 Å². The van der Waals surface area contributed by atoms with Gasteiger partial charge in [0.05, 0.1) is 5.56 Å². The van der Waals surface area contributed by atoms with Gasteiger partial charge in [0.25, 0.3) is 5.91 Å². The van der Waals surface area contributed by atoms with Crippen molar-refractivity contribution in [1.82, 2.24) is 10.6 Å². The van der Waals surface area contributed by atoms with Crippen molar-refractivity contribution in [1.29, 1.82) is 0 Å². The highest BCUT2D eigenvalue weighted by atomic mass is 35.5. The molecule has 1 aliphatic heterocycles. The SMILES string of the molecule is Cl.O=C(NCC1CCCNC1)c1ccc(Cl)cc1F. The topological polar surface area (TPSA) is 41.1 Å². The van der Waals surface area contributed by atoms with Crippen molar-refractivity contribution >= 4 is 29.9 Å². The summed E-state index contributed by atoms with van der Waals surface area (Å²) in [6.45, 7) is 2.52. The van der Waals surface area contributed by atoms with Crippen LogP contribution in [-0.4, -0.2) is 25.5 Å². The first kappa shape index (κ1) is 16.2. The normalized spacial score (nSPS) is 18.5. The standard InChI is InChI=1S/C13H16ClFN2O.ClH/c14-10-3-4-11(12(15)6-10)13(18)17-8-9-2-1-5-16-7-9;/h3-4,6,9,16H,1-2,5,7-8H2,(H,17,18);1H. The van der Waals surface area contributed by atoms with Crippen LogP contribution in [0.25, 0.3) is 0 Å². The van der Waals surface area contributed by atoms with E-state index in [1.165, 1.54) is 12.1 Å². The molecule has 2 rings (SSSR count). The third-order valence-corrected chi connectivity index (χ3v) is 3.36. The van der Waals surface area contributed by atoms with E-state index >= 15 is 0 Å². The number of carbonyl (C=O) groups excluding carboxylic acids is 1. The van der Waals surface area contributed by atoms with Gasteiger partial charge < -0.3 is 10.6 Å². The second-order valence-electron chi connectivity index (χ2n) is 4.55. The van der Waals surface area contributed by atoms with Gasteiger partial charge in [-0.2, -0.15) is 0 Å². The van der Waals surface area contributed by atoms with E-state index < -0.39 is 5.82 Å². The molecular weight excluding hydrogens is 290 g/mol. The number of carbonyl (C=O) groups is 1. The van der Waals surface area contributed by atoms with Gasteiger partial charge in [0.15, 0.2) is 0 Å². The van der Waals surface area contributed by atoms with Gasteiger partial charge in [0.1, 0.15) is 5.82 Å². The lowest BCUT2D eigenvalue weighted by molar-refractivity contribution is 0.0941. The first-order valence-electron chi connectivity index (χ1n) is 6.11. The van der Waals surface area contributed by atoms with E-state index in [9.17, 15) is 9.18 Å². The van der Waals surface area contributed by atoms with E-state index in [1.807, 2.05) is 0 Å². The third kappa shape index (κ3) is 4.64. The van der Waals surface area contributed by atoms with E-state index in [-0.39, 0.29) is 23.9 Å². The summed E-state index contributed by atoms with van der Waals surface area (Å²) in [5, 5.41) is 6.33. The van der Waals surface area contributed by atoms with Crippen molar-refractivity contribution in [2.75, 3.05) is 19.6 Å². The number of benzene rings is 1. The molecule has 1 aliphatic rings. The number of halogens is 3. The molecule has 0 spiro atoms. The molecule has 1 heterocycles. The van der Waals surface area contributed by atoms with Gasteiger partial charge in [-0.25, -0.2) is 4.39 Å². The Morgan fingerprint density at radius 3 is 2.95 bits per heavy atom. The molecule has 0 bridgehead atoms. The molecule has 2 N–H and O–H groups in total. The predicted octanol–water partition coefficient (Wildman–Crippen LogP) is 2.63. The summed E-state index contributed by atoms with van der Waals surface area (Å²) in [5.41, 5.74) is 0.0446. The first-order chi connectivity index (χ1) is 8.66. The molecule has 0 aliphatic carbocycles. The van der Waals surface area contributed by atoms with Gasteiger partial charge >= 0.3 is 0 Å². The van der Waals surface area contributed by atoms with E-state index in [4.69, 9.17) is 11.6 Å². The molecule has 0 saturated carbocycles. The van der Waals surface area contributed by atoms with Gasteiger partial charge in [-0.1, -0.05) is 11.6 Å². The van der Waals surface area contributed by atoms with Crippen LogP contribution in [0.2, 0.25) is 5.02 Å². The van der Waals surface area contributed by atoms with Crippen LogP contribution in [0.5, 0.6) is 0 Å². The average Bonchev–Trinajstić information content (AvgIpc) is 2.37. The quantitative estimate of drug-likeness (QED) is 0.901. The molecule has 106 valence electrons. The molecule has 1 saturated heterocycles. The fraction of sp³-hybridized carbons (Fsp3) is 0.462. The van der Waals surface area contributed by atoms with Gasteiger partial charge in [-0.15, -0.1) is 12.4 Å². The summed E-state index contributed by atoms with van der Waals surface area (Å²) in [6.07, 6.45) is 2.21. The fourth-order valence-electron chi connectivity index (χ4n) is 2.10. The minimum atomic E-state index is -0.582. The number of hydrogen-bond acceptors (Lipinski definition) is 2. The van der Waals surface area contributed by atoms with Crippen molar-refractivity contribution in [2.45, 2.75) is 12.8 Å². The van der Waals surface area contributed by atoms with Crippen LogP contribution in [0.15, 0.2) is 18.2 Å². The largest absolute Gasteiger partial charge is 0.352 e. The molecule has 1 aromatic rings. The minimum Gasteiger partial charge on any atom is -0.352 e. The molecule has 19 heavy (non-hydrogen) atoms. The Morgan fingerprint density at radius 1 is 1.53 bits per heavy atom. The molecule has 1 atom stereocenters. The van der Waals surface area contributed by atoms with Crippen molar-refractivity contribution in [3.05, 3.63) is 34.6 Å². The summed E-state index contributed by atoms with van der Waals surface area (Å²) in [5.74, 6) is -0.533.